The van der Waals surface area contributed by atoms with Crippen LogP contribution in [0.25, 0.3) is 0 Å². The minimum absolute atomic E-state index is 0.171. The second-order valence-electron chi connectivity index (χ2n) is 4.15. The lowest BCUT2D eigenvalue weighted by molar-refractivity contribution is -0.146. The number of nitrogens with one attached hydrogen (secondary N) is 1. The molecule has 5 nitrogen and oxygen atoms in total. The highest BCUT2D eigenvalue weighted by Gasteiger charge is 2.32. The lowest BCUT2D eigenvalue weighted by Gasteiger charge is -2.25. The van der Waals surface area contributed by atoms with Gasteiger partial charge >= 0.3 is 5.97 Å². The monoisotopic (exact) mass is 218 g/mol. The van der Waals surface area contributed by atoms with Gasteiger partial charge in [-0.25, -0.2) is 0 Å². The molecule has 2 N–H and O–H groups in total. The van der Waals surface area contributed by atoms with Crippen molar-refractivity contribution >= 4 is 5.97 Å². The molecule has 0 aliphatic rings. The summed E-state index contributed by atoms with van der Waals surface area (Å²) in [6.07, 6.45) is 0.916. The highest BCUT2D eigenvalue weighted by atomic mass is 16.5. The van der Waals surface area contributed by atoms with E-state index in [-0.39, 0.29) is 6.61 Å². The summed E-state index contributed by atoms with van der Waals surface area (Å²) < 4.78 is 4.89. The van der Waals surface area contributed by atoms with E-state index in [9.17, 15) is 4.79 Å². The summed E-state index contributed by atoms with van der Waals surface area (Å²) in [5.41, 5.74) is -0.985. The Bertz CT molecular complexity index is 197. The minimum Gasteiger partial charge on any atom is -0.480 e. The Hall–Kier alpha value is -0.650. The largest absolute Gasteiger partial charge is 0.480 e. The number of ether oxygens (including phenoxy) is 1. The molecule has 0 aromatic heterocycles. The summed E-state index contributed by atoms with van der Waals surface area (Å²) >= 11 is 0. The molecule has 90 valence electrons. The third-order valence-electron chi connectivity index (χ3n) is 2.20. The molecule has 0 radical (unpaired) electrons. The number of hydrogen-bond donors (Lipinski definition) is 2. The van der Waals surface area contributed by atoms with Gasteiger partial charge in [-0.1, -0.05) is 0 Å². The molecule has 0 saturated heterocycles. The number of carboxylic acids is 1. The Morgan fingerprint density at radius 1 is 1.53 bits per heavy atom. The van der Waals surface area contributed by atoms with Crippen molar-refractivity contribution < 1.29 is 14.6 Å². The normalized spacial score (nSPS) is 15.3. The van der Waals surface area contributed by atoms with Gasteiger partial charge in [0, 0.05) is 7.11 Å². The number of carboxylic acid groups (broad SMARTS) is 1. The molecule has 0 heterocycles. The molecule has 0 saturated carbocycles. The van der Waals surface area contributed by atoms with Gasteiger partial charge in [0.05, 0.1) is 6.61 Å². The van der Waals surface area contributed by atoms with E-state index in [4.69, 9.17) is 9.84 Å². The summed E-state index contributed by atoms with van der Waals surface area (Å²) in [4.78, 5) is 13.1. The molecule has 5 heteroatoms. The third-order valence-corrected chi connectivity index (χ3v) is 2.20. The Morgan fingerprint density at radius 2 is 2.13 bits per heavy atom. The molecule has 15 heavy (non-hydrogen) atoms. The van der Waals surface area contributed by atoms with Crippen LogP contribution in [0.3, 0.4) is 0 Å². The van der Waals surface area contributed by atoms with Gasteiger partial charge in [0.25, 0.3) is 0 Å². The van der Waals surface area contributed by atoms with Gasteiger partial charge in [-0.05, 0) is 40.5 Å². The minimum atomic E-state index is -0.985. The van der Waals surface area contributed by atoms with Crippen LogP contribution in [0, 0.1) is 0 Å². The quantitative estimate of drug-likeness (QED) is 0.562. The first-order chi connectivity index (χ1) is 6.92. The molecule has 1 unspecified atom stereocenters. The van der Waals surface area contributed by atoms with Gasteiger partial charge in [-0.3, -0.25) is 4.79 Å². The van der Waals surface area contributed by atoms with Gasteiger partial charge in [-0.15, -0.1) is 0 Å². The van der Waals surface area contributed by atoms with Crippen molar-refractivity contribution in [3.8, 4) is 0 Å². The first-order valence-corrected chi connectivity index (χ1v) is 5.04. The van der Waals surface area contributed by atoms with Crippen LogP contribution < -0.4 is 5.32 Å². The summed E-state index contributed by atoms with van der Waals surface area (Å²) in [6, 6.07) is 0. The van der Waals surface area contributed by atoms with Crippen LogP contribution in [-0.4, -0.2) is 62.4 Å². The number of carbonyl (C=O) groups is 1. The average Bonchev–Trinajstić information content (AvgIpc) is 2.12. The van der Waals surface area contributed by atoms with Crippen LogP contribution in [0.15, 0.2) is 0 Å². The molecule has 0 rings (SSSR count). The van der Waals surface area contributed by atoms with E-state index in [0.29, 0.717) is 6.54 Å². The summed E-state index contributed by atoms with van der Waals surface area (Å²) in [5, 5.41) is 12.0. The predicted molar refractivity (Wildman–Crippen MR) is 59.1 cm³/mol. The summed E-state index contributed by atoms with van der Waals surface area (Å²) in [6.45, 7) is 3.42. The molecular weight excluding hydrogens is 196 g/mol. The van der Waals surface area contributed by atoms with Crippen LogP contribution >= 0.6 is 0 Å². The molecular formula is C10H22N2O3. The first kappa shape index (κ1) is 14.3. The van der Waals surface area contributed by atoms with Crippen LogP contribution in [0.1, 0.15) is 13.3 Å². The maximum absolute atomic E-state index is 11.0. The van der Waals surface area contributed by atoms with Crippen LogP contribution in [-0.2, 0) is 9.53 Å². The molecule has 0 aromatic rings. The topological polar surface area (TPSA) is 61.8 Å². The lowest BCUT2D eigenvalue weighted by Crippen LogP contribution is -2.53. The SMILES string of the molecule is COCC(C)(NCCCN(C)C)C(=O)O. The Balaban J connectivity index is 3.92. The van der Waals surface area contributed by atoms with Crippen LogP contribution in [0.2, 0.25) is 0 Å². The first-order valence-electron chi connectivity index (χ1n) is 5.04. The number of rotatable bonds is 8. The zero-order valence-corrected chi connectivity index (χ0v) is 10.0. The lowest BCUT2D eigenvalue weighted by atomic mass is 10.0. The third kappa shape index (κ3) is 5.71. The van der Waals surface area contributed by atoms with Crippen molar-refractivity contribution in [1.29, 1.82) is 0 Å². The molecule has 0 fully saturated rings. The highest BCUT2D eigenvalue weighted by molar-refractivity contribution is 5.78. The van der Waals surface area contributed by atoms with Crippen molar-refractivity contribution in [1.82, 2.24) is 10.2 Å². The fourth-order valence-electron chi connectivity index (χ4n) is 1.24. The molecule has 0 bridgehead atoms. The van der Waals surface area contributed by atoms with Crippen molar-refractivity contribution in [2.75, 3.05) is 40.9 Å². The predicted octanol–water partition coefficient (Wildman–Crippen LogP) is 0.0174. The van der Waals surface area contributed by atoms with Gasteiger partial charge in [0.15, 0.2) is 0 Å². The fraction of sp³-hybridized carbons (Fsp3) is 0.900. The fourth-order valence-corrected chi connectivity index (χ4v) is 1.24. The van der Waals surface area contributed by atoms with E-state index >= 15 is 0 Å². The van der Waals surface area contributed by atoms with E-state index in [1.165, 1.54) is 7.11 Å². The van der Waals surface area contributed by atoms with Crippen molar-refractivity contribution in [2.24, 2.45) is 0 Å². The van der Waals surface area contributed by atoms with Crippen LogP contribution in [0.4, 0.5) is 0 Å². The second-order valence-corrected chi connectivity index (χ2v) is 4.15. The van der Waals surface area contributed by atoms with Crippen LogP contribution in [0.5, 0.6) is 0 Å². The van der Waals surface area contributed by atoms with E-state index in [1.807, 2.05) is 14.1 Å². The molecule has 0 spiro atoms. The highest BCUT2D eigenvalue weighted by Crippen LogP contribution is 2.04. The smallest absolute Gasteiger partial charge is 0.326 e. The van der Waals surface area contributed by atoms with E-state index in [1.54, 1.807) is 6.92 Å². The Labute approximate surface area is 91.4 Å². The molecule has 0 aliphatic carbocycles. The number of aliphatic carboxylic acids is 1. The standard InChI is InChI=1S/C10H22N2O3/c1-10(8-15-4,9(13)14)11-6-5-7-12(2)3/h11H,5-8H2,1-4H3,(H,13,14). The zero-order chi connectivity index (χ0) is 11.9. The molecule has 0 aromatic carbocycles. The van der Waals surface area contributed by atoms with Crippen molar-refractivity contribution in [2.45, 2.75) is 18.9 Å². The Kier molecular flexibility index (Phi) is 6.47. The second kappa shape index (κ2) is 6.76. The summed E-state index contributed by atoms with van der Waals surface area (Å²) in [7, 11) is 5.49. The van der Waals surface area contributed by atoms with Gasteiger partial charge in [0.1, 0.15) is 5.54 Å². The van der Waals surface area contributed by atoms with Crippen molar-refractivity contribution in [3.63, 3.8) is 0 Å². The number of nitrogens with zero attached hydrogens (tertiary/aromatic N) is 1. The molecule has 0 amide bonds. The van der Waals surface area contributed by atoms with Crippen molar-refractivity contribution in [3.05, 3.63) is 0 Å². The maximum Gasteiger partial charge on any atom is 0.326 e. The van der Waals surface area contributed by atoms with Gasteiger partial charge in [0.2, 0.25) is 0 Å². The van der Waals surface area contributed by atoms with E-state index < -0.39 is 11.5 Å². The van der Waals surface area contributed by atoms with E-state index in [0.717, 1.165) is 13.0 Å². The van der Waals surface area contributed by atoms with Gasteiger partial charge < -0.3 is 20.1 Å². The molecule has 0 aliphatic heterocycles. The molecule has 1 atom stereocenters. The summed E-state index contributed by atoms with van der Waals surface area (Å²) in [5.74, 6) is -0.880. The maximum atomic E-state index is 11.0. The zero-order valence-electron chi connectivity index (χ0n) is 10.0. The Morgan fingerprint density at radius 3 is 2.53 bits per heavy atom. The number of hydrogen-bond acceptors (Lipinski definition) is 4. The van der Waals surface area contributed by atoms with Gasteiger partial charge in [-0.2, -0.15) is 0 Å². The number of methoxy groups -OCH3 is 1. The average molecular weight is 218 g/mol. The van der Waals surface area contributed by atoms with E-state index in [2.05, 4.69) is 10.2 Å².